The van der Waals surface area contributed by atoms with Crippen molar-refractivity contribution >= 4 is 5.69 Å². The normalized spacial score (nSPS) is 19.9. The van der Waals surface area contributed by atoms with Crippen molar-refractivity contribution in [3.05, 3.63) is 29.8 Å². The molecule has 0 unspecified atom stereocenters. The minimum Gasteiger partial charge on any atom is -0.372 e. The molecule has 1 aliphatic heterocycles. The van der Waals surface area contributed by atoms with Crippen LogP contribution in [0.2, 0.25) is 0 Å². The zero-order chi connectivity index (χ0) is 11.5. The molecule has 92 valence electrons. The highest BCUT2D eigenvalue weighted by Crippen LogP contribution is 2.27. The first-order chi connectivity index (χ1) is 8.42. The van der Waals surface area contributed by atoms with Crippen LogP contribution in [-0.2, 0) is 6.54 Å². The minimum atomic E-state index is 0.971. The zero-order valence-corrected chi connectivity index (χ0v) is 10.5. The van der Waals surface area contributed by atoms with Crippen molar-refractivity contribution in [1.82, 2.24) is 5.32 Å². The van der Waals surface area contributed by atoms with E-state index in [-0.39, 0.29) is 0 Å². The number of nitrogens with zero attached hydrogens (tertiary/aromatic N) is 1. The Morgan fingerprint density at radius 3 is 2.41 bits per heavy atom. The maximum atomic E-state index is 3.54. The third-order valence-corrected chi connectivity index (χ3v) is 3.87. The van der Waals surface area contributed by atoms with E-state index in [2.05, 4.69) is 34.5 Å². The van der Waals surface area contributed by atoms with Gasteiger partial charge in [0, 0.05) is 25.3 Å². The Morgan fingerprint density at radius 2 is 1.76 bits per heavy atom. The summed E-state index contributed by atoms with van der Waals surface area (Å²) in [6.45, 7) is 4.70. The number of hydrogen-bond acceptors (Lipinski definition) is 2. The first kappa shape index (κ1) is 11.1. The summed E-state index contributed by atoms with van der Waals surface area (Å²) < 4.78 is 0. The maximum Gasteiger partial charge on any atom is 0.0366 e. The minimum absolute atomic E-state index is 0.971. The van der Waals surface area contributed by atoms with Crippen LogP contribution in [0.4, 0.5) is 5.69 Å². The van der Waals surface area contributed by atoms with Crippen LogP contribution in [0.3, 0.4) is 0 Å². The lowest BCUT2D eigenvalue weighted by Gasteiger charge is -2.17. The highest BCUT2D eigenvalue weighted by Gasteiger charge is 2.20. The van der Waals surface area contributed by atoms with Crippen molar-refractivity contribution in [3.63, 3.8) is 0 Å². The second-order valence-electron chi connectivity index (χ2n) is 5.43. The predicted octanol–water partition coefficient (Wildman–Crippen LogP) is 2.79. The molecule has 1 saturated heterocycles. The Hall–Kier alpha value is -1.02. The van der Waals surface area contributed by atoms with Crippen molar-refractivity contribution in [2.24, 2.45) is 5.92 Å². The molecule has 2 aliphatic rings. The largest absolute Gasteiger partial charge is 0.372 e. The molecule has 0 bridgehead atoms. The fourth-order valence-corrected chi connectivity index (χ4v) is 2.54. The first-order valence-corrected chi connectivity index (χ1v) is 6.96. The average molecular weight is 230 g/mol. The molecule has 17 heavy (non-hydrogen) atoms. The van der Waals surface area contributed by atoms with Crippen molar-refractivity contribution in [1.29, 1.82) is 0 Å². The molecule has 2 fully saturated rings. The van der Waals surface area contributed by atoms with Crippen LogP contribution in [0.15, 0.2) is 24.3 Å². The second-order valence-corrected chi connectivity index (χ2v) is 5.43. The molecule has 1 aromatic carbocycles. The van der Waals surface area contributed by atoms with E-state index < -0.39 is 0 Å². The molecule has 0 spiro atoms. The molecule has 0 radical (unpaired) electrons. The quantitative estimate of drug-likeness (QED) is 0.836. The molecule has 0 atom stereocenters. The van der Waals surface area contributed by atoms with Gasteiger partial charge >= 0.3 is 0 Å². The van der Waals surface area contributed by atoms with Crippen molar-refractivity contribution in [2.45, 2.75) is 32.2 Å². The standard InChI is InChI=1S/C15H22N2/c1-2-10-17(9-1)15-7-5-14(6-8-15)12-16-11-13-3-4-13/h5-8,13,16H,1-4,9-12H2. The van der Waals surface area contributed by atoms with Gasteiger partial charge in [0.15, 0.2) is 0 Å². The summed E-state index contributed by atoms with van der Waals surface area (Å²) in [4.78, 5) is 2.49. The molecule has 2 nitrogen and oxygen atoms in total. The lowest BCUT2D eigenvalue weighted by atomic mass is 10.2. The van der Waals surface area contributed by atoms with E-state index in [1.54, 1.807) is 0 Å². The number of benzene rings is 1. The molecular weight excluding hydrogens is 208 g/mol. The fraction of sp³-hybridized carbons (Fsp3) is 0.600. The van der Waals surface area contributed by atoms with E-state index in [1.807, 2.05) is 0 Å². The summed E-state index contributed by atoms with van der Waals surface area (Å²) in [6.07, 6.45) is 5.57. The van der Waals surface area contributed by atoms with Gasteiger partial charge in [-0.1, -0.05) is 12.1 Å². The lowest BCUT2D eigenvalue weighted by Crippen LogP contribution is -2.18. The SMILES string of the molecule is c1cc(N2CCCC2)ccc1CNCC1CC1. The summed E-state index contributed by atoms with van der Waals surface area (Å²) in [5.41, 5.74) is 2.81. The second kappa shape index (κ2) is 5.09. The van der Waals surface area contributed by atoms with Crippen LogP contribution in [0.25, 0.3) is 0 Å². The van der Waals surface area contributed by atoms with Gasteiger partial charge in [-0.3, -0.25) is 0 Å². The van der Waals surface area contributed by atoms with E-state index in [0.29, 0.717) is 0 Å². The monoisotopic (exact) mass is 230 g/mol. The zero-order valence-electron chi connectivity index (χ0n) is 10.5. The number of nitrogens with one attached hydrogen (secondary N) is 1. The Labute approximate surface area is 104 Å². The first-order valence-electron chi connectivity index (χ1n) is 6.96. The molecule has 1 aromatic rings. The Kier molecular flexibility index (Phi) is 3.32. The van der Waals surface area contributed by atoms with E-state index >= 15 is 0 Å². The van der Waals surface area contributed by atoms with Crippen molar-refractivity contribution < 1.29 is 0 Å². The fourth-order valence-electron chi connectivity index (χ4n) is 2.54. The number of hydrogen-bond donors (Lipinski definition) is 1. The summed E-state index contributed by atoms with van der Waals surface area (Å²) in [6, 6.07) is 9.10. The molecule has 1 heterocycles. The summed E-state index contributed by atoms with van der Waals surface area (Å²) >= 11 is 0. The molecule has 3 rings (SSSR count). The molecule has 0 amide bonds. The summed E-state index contributed by atoms with van der Waals surface area (Å²) in [5.74, 6) is 0.971. The Bertz CT molecular complexity index is 348. The van der Waals surface area contributed by atoms with Crippen LogP contribution in [-0.4, -0.2) is 19.6 Å². The smallest absolute Gasteiger partial charge is 0.0366 e. The van der Waals surface area contributed by atoms with Gasteiger partial charge in [-0.2, -0.15) is 0 Å². The lowest BCUT2D eigenvalue weighted by molar-refractivity contribution is 0.639. The van der Waals surface area contributed by atoms with E-state index in [0.717, 1.165) is 12.5 Å². The van der Waals surface area contributed by atoms with Crippen LogP contribution >= 0.6 is 0 Å². The maximum absolute atomic E-state index is 3.54. The van der Waals surface area contributed by atoms with Crippen LogP contribution in [0.1, 0.15) is 31.2 Å². The molecular formula is C15H22N2. The Morgan fingerprint density at radius 1 is 1.06 bits per heavy atom. The van der Waals surface area contributed by atoms with Gasteiger partial charge in [0.1, 0.15) is 0 Å². The third kappa shape index (κ3) is 3.01. The van der Waals surface area contributed by atoms with Crippen molar-refractivity contribution in [3.8, 4) is 0 Å². The van der Waals surface area contributed by atoms with Gasteiger partial charge in [-0.15, -0.1) is 0 Å². The van der Waals surface area contributed by atoms with Gasteiger partial charge in [0.2, 0.25) is 0 Å². The summed E-state index contributed by atoms with van der Waals surface area (Å²) in [5, 5.41) is 3.54. The van der Waals surface area contributed by atoms with Gasteiger partial charge < -0.3 is 10.2 Å². The van der Waals surface area contributed by atoms with Crippen LogP contribution < -0.4 is 10.2 Å². The van der Waals surface area contributed by atoms with Gasteiger partial charge in [-0.05, 0) is 55.8 Å². The van der Waals surface area contributed by atoms with E-state index in [9.17, 15) is 0 Å². The van der Waals surface area contributed by atoms with E-state index in [1.165, 1.54) is 56.6 Å². The van der Waals surface area contributed by atoms with Crippen molar-refractivity contribution in [2.75, 3.05) is 24.5 Å². The highest BCUT2D eigenvalue weighted by atomic mass is 15.1. The molecule has 1 N–H and O–H groups in total. The molecule has 0 aromatic heterocycles. The number of anilines is 1. The third-order valence-electron chi connectivity index (χ3n) is 3.87. The molecule has 2 heteroatoms. The van der Waals surface area contributed by atoms with Gasteiger partial charge in [0.25, 0.3) is 0 Å². The van der Waals surface area contributed by atoms with Crippen LogP contribution in [0, 0.1) is 5.92 Å². The average Bonchev–Trinajstić information content (AvgIpc) is 3.03. The van der Waals surface area contributed by atoms with Crippen LogP contribution in [0.5, 0.6) is 0 Å². The highest BCUT2D eigenvalue weighted by molar-refractivity contribution is 5.48. The van der Waals surface area contributed by atoms with Gasteiger partial charge in [-0.25, -0.2) is 0 Å². The molecule has 1 aliphatic carbocycles. The topological polar surface area (TPSA) is 15.3 Å². The summed E-state index contributed by atoms with van der Waals surface area (Å²) in [7, 11) is 0. The van der Waals surface area contributed by atoms with Gasteiger partial charge in [0.05, 0.1) is 0 Å². The molecule has 1 saturated carbocycles. The number of rotatable bonds is 5. The predicted molar refractivity (Wildman–Crippen MR) is 72.3 cm³/mol. The Balaban J connectivity index is 1.51. The van der Waals surface area contributed by atoms with E-state index in [4.69, 9.17) is 0 Å².